The number of Topliss-reactive ketones (excluding diaryl/α,β-unsaturated/α-hetero) is 1. The van der Waals surface area contributed by atoms with Crippen molar-refractivity contribution in [3.05, 3.63) is 28.0 Å². The zero-order chi connectivity index (χ0) is 10.6. The second kappa shape index (κ2) is 4.31. The van der Waals surface area contributed by atoms with Crippen LogP contribution in [0.2, 0.25) is 0 Å². The summed E-state index contributed by atoms with van der Waals surface area (Å²) in [5, 5.41) is 10.2. The van der Waals surface area contributed by atoms with Crippen LogP contribution in [-0.2, 0) is 16.0 Å². The first-order chi connectivity index (χ1) is 6.63. The molecule has 0 aliphatic heterocycles. The Bertz CT molecular complexity index is 368. The second-order valence-corrected chi connectivity index (χ2v) is 2.58. The molecule has 0 aliphatic carbocycles. The van der Waals surface area contributed by atoms with E-state index in [4.69, 9.17) is 4.42 Å². The van der Waals surface area contributed by atoms with Gasteiger partial charge in [-0.15, -0.1) is 0 Å². The highest BCUT2D eigenvalue weighted by atomic mass is 16.6. The third-order valence-electron chi connectivity index (χ3n) is 1.51. The Balaban J connectivity index is 2.64. The van der Waals surface area contributed by atoms with Gasteiger partial charge in [-0.3, -0.25) is 14.9 Å². The minimum Gasteiger partial charge on any atom is -0.405 e. The maximum atomic E-state index is 10.9. The van der Waals surface area contributed by atoms with Gasteiger partial charge >= 0.3 is 5.88 Å². The van der Waals surface area contributed by atoms with E-state index < -0.39 is 10.8 Å². The monoisotopic (exact) mass is 197 g/mol. The standard InChI is InChI=1S/C8H7NO5/c10-4-3-6(11)5-7-1-2-8(14-7)9(12)13/h1-2,4H,3,5H2. The van der Waals surface area contributed by atoms with E-state index in [0.29, 0.717) is 6.29 Å². The summed E-state index contributed by atoms with van der Waals surface area (Å²) in [5.41, 5.74) is 0. The number of nitro groups is 1. The largest absolute Gasteiger partial charge is 0.433 e. The first-order valence-corrected chi connectivity index (χ1v) is 3.82. The first-order valence-electron chi connectivity index (χ1n) is 3.82. The van der Waals surface area contributed by atoms with Gasteiger partial charge in [0.25, 0.3) is 0 Å². The quantitative estimate of drug-likeness (QED) is 0.302. The molecule has 1 aromatic heterocycles. The summed E-state index contributed by atoms with van der Waals surface area (Å²) in [6.45, 7) is 0. The Morgan fingerprint density at radius 1 is 1.57 bits per heavy atom. The fourth-order valence-electron chi connectivity index (χ4n) is 0.919. The second-order valence-electron chi connectivity index (χ2n) is 2.58. The Hall–Kier alpha value is -1.98. The lowest BCUT2D eigenvalue weighted by molar-refractivity contribution is -0.402. The molecule has 0 saturated heterocycles. The molecule has 1 aromatic rings. The minimum absolute atomic E-state index is 0.0907. The number of carbonyl (C=O) groups is 2. The molecule has 0 aromatic carbocycles. The number of hydrogen-bond donors (Lipinski definition) is 0. The Morgan fingerprint density at radius 3 is 2.79 bits per heavy atom. The van der Waals surface area contributed by atoms with Crippen molar-refractivity contribution in [2.45, 2.75) is 12.8 Å². The van der Waals surface area contributed by atoms with Crippen LogP contribution in [0.5, 0.6) is 0 Å². The molecule has 74 valence electrons. The lowest BCUT2D eigenvalue weighted by atomic mass is 10.2. The highest BCUT2D eigenvalue weighted by molar-refractivity contribution is 5.90. The molecule has 0 aliphatic rings. The van der Waals surface area contributed by atoms with Crippen LogP contribution in [0.1, 0.15) is 12.2 Å². The van der Waals surface area contributed by atoms with Crippen LogP contribution in [0, 0.1) is 10.1 Å². The van der Waals surface area contributed by atoms with Crippen LogP contribution >= 0.6 is 0 Å². The average Bonchev–Trinajstić information content (AvgIpc) is 2.53. The van der Waals surface area contributed by atoms with Gasteiger partial charge in [-0.25, -0.2) is 0 Å². The molecule has 0 radical (unpaired) electrons. The van der Waals surface area contributed by atoms with Gasteiger partial charge < -0.3 is 9.21 Å². The molecule has 1 rings (SSSR count). The van der Waals surface area contributed by atoms with Crippen LogP contribution in [-0.4, -0.2) is 17.0 Å². The van der Waals surface area contributed by atoms with Crippen LogP contribution in [0.4, 0.5) is 5.88 Å². The highest BCUT2D eigenvalue weighted by Crippen LogP contribution is 2.16. The molecule has 0 spiro atoms. The van der Waals surface area contributed by atoms with E-state index in [1.165, 1.54) is 12.1 Å². The van der Waals surface area contributed by atoms with Gasteiger partial charge in [0.05, 0.1) is 18.9 Å². The number of ketones is 1. The van der Waals surface area contributed by atoms with Gasteiger partial charge in [0.15, 0.2) is 0 Å². The molecular weight excluding hydrogens is 190 g/mol. The number of furan rings is 1. The van der Waals surface area contributed by atoms with Gasteiger partial charge in [-0.05, 0) is 6.07 Å². The molecule has 0 N–H and O–H groups in total. The van der Waals surface area contributed by atoms with E-state index in [2.05, 4.69) is 0 Å². The number of nitrogens with zero attached hydrogens (tertiary/aromatic N) is 1. The summed E-state index contributed by atoms with van der Waals surface area (Å²) < 4.78 is 4.73. The fraction of sp³-hybridized carbons (Fsp3) is 0.250. The smallest absolute Gasteiger partial charge is 0.405 e. The Morgan fingerprint density at radius 2 is 2.29 bits per heavy atom. The van der Waals surface area contributed by atoms with Crippen LogP contribution in [0.15, 0.2) is 16.5 Å². The van der Waals surface area contributed by atoms with E-state index in [9.17, 15) is 19.7 Å². The lowest BCUT2D eigenvalue weighted by Crippen LogP contribution is -2.01. The summed E-state index contributed by atoms with van der Waals surface area (Å²) in [6, 6.07) is 2.52. The van der Waals surface area contributed by atoms with Crippen LogP contribution in [0.25, 0.3) is 0 Å². The van der Waals surface area contributed by atoms with Crippen molar-refractivity contribution in [3.63, 3.8) is 0 Å². The molecule has 6 nitrogen and oxygen atoms in total. The van der Waals surface area contributed by atoms with E-state index in [1.54, 1.807) is 0 Å². The Labute approximate surface area is 78.7 Å². The van der Waals surface area contributed by atoms with Crippen molar-refractivity contribution in [1.29, 1.82) is 0 Å². The predicted octanol–water partition coefficient (Wildman–Crippen LogP) is 0.888. The molecule has 0 saturated carbocycles. The summed E-state index contributed by atoms with van der Waals surface area (Å²) >= 11 is 0. The Kier molecular flexibility index (Phi) is 3.11. The average molecular weight is 197 g/mol. The number of rotatable bonds is 5. The molecule has 1 heterocycles. The van der Waals surface area contributed by atoms with Crippen molar-refractivity contribution >= 4 is 18.0 Å². The molecule has 0 fully saturated rings. The molecule has 0 amide bonds. The van der Waals surface area contributed by atoms with Crippen LogP contribution < -0.4 is 0 Å². The fourth-order valence-corrected chi connectivity index (χ4v) is 0.919. The van der Waals surface area contributed by atoms with Gasteiger partial charge in [-0.1, -0.05) is 0 Å². The summed E-state index contributed by atoms with van der Waals surface area (Å²) in [4.78, 5) is 30.4. The molecular formula is C8H7NO5. The predicted molar refractivity (Wildman–Crippen MR) is 44.8 cm³/mol. The zero-order valence-electron chi connectivity index (χ0n) is 7.13. The van der Waals surface area contributed by atoms with E-state index >= 15 is 0 Å². The normalized spacial score (nSPS) is 9.71. The lowest BCUT2D eigenvalue weighted by Gasteiger charge is -1.90. The molecule has 0 atom stereocenters. The van der Waals surface area contributed by atoms with E-state index in [0.717, 1.165) is 0 Å². The van der Waals surface area contributed by atoms with Gasteiger partial charge in [0.2, 0.25) is 0 Å². The third-order valence-corrected chi connectivity index (χ3v) is 1.51. The summed E-state index contributed by atoms with van der Waals surface area (Å²) in [7, 11) is 0. The maximum Gasteiger partial charge on any atom is 0.433 e. The number of hydrogen-bond acceptors (Lipinski definition) is 5. The van der Waals surface area contributed by atoms with E-state index in [-0.39, 0.29) is 24.4 Å². The zero-order valence-corrected chi connectivity index (χ0v) is 7.13. The molecule has 14 heavy (non-hydrogen) atoms. The molecule has 6 heteroatoms. The minimum atomic E-state index is -0.687. The van der Waals surface area contributed by atoms with Crippen molar-refractivity contribution in [2.75, 3.05) is 0 Å². The summed E-state index contributed by atoms with van der Waals surface area (Å²) in [5.74, 6) is -0.535. The van der Waals surface area contributed by atoms with Crippen molar-refractivity contribution in [1.82, 2.24) is 0 Å². The third kappa shape index (κ3) is 2.51. The van der Waals surface area contributed by atoms with Crippen LogP contribution in [0.3, 0.4) is 0 Å². The summed E-state index contributed by atoms with van der Waals surface area (Å²) in [6.07, 6.45) is 0.195. The van der Waals surface area contributed by atoms with E-state index in [1.807, 2.05) is 0 Å². The van der Waals surface area contributed by atoms with Gasteiger partial charge in [-0.2, -0.15) is 0 Å². The number of aldehydes is 1. The van der Waals surface area contributed by atoms with Crippen molar-refractivity contribution in [2.24, 2.45) is 0 Å². The van der Waals surface area contributed by atoms with Crippen molar-refractivity contribution < 1.29 is 18.9 Å². The highest BCUT2D eigenvalue weighted by Gasteiger charge is 2.13. The van der Waals surface area contributed by atoms with Gasteiger partial charge in [0, 0.05) is 0 Å². The SMILES string of the molecule is O=CCC(=O)Cc1ccc([N+](=O)[O-])o1. The van der Waals surface area contributed by atoms with Gasteiger partial charge in [0.1, 0.15) is 22.8 Å². The maximum absolute atomic E-state index is 10.9. The number of carbonyl (C=O) groups excluding carboxylic acids is 2. The molecule has 0 bridgehead atoms. The van der Waals surface area contributed by atoms with Crippen molar-refractivity contribution in [3.8, 4) is 0 Å². The first kappa shape index (κ1) is 10.1. The topological polar surface area (TPSA) is 90.4 Å². The molecule has 0 unspecified atom stereocenters.